The van der Waals surface area contributed by atoms with Crippen LogP contribution in [0.3, 0.4) is 0 Å². The minimum absolute atomic E-state index is 0.0293. The lowest BCUT2D eigenvalue weighted by molar-refractivity contribution is -0.119. The van der Waals surface area contributed by atoms with E-state index in [1.807, 2.05) is 12.1 Å². The third-order valence-corrected chi connectivity index (χ3v) is 8.71. The molecule has 1 unspecified atom stereocenters. The highest BCUT2D eigenvalue weighted by Gasteiger charge is 2.21. The number of nitrogens with one attached hydrogen (secondary N) is 4. The molecule has 4 aromatic rings. The predicted molar refractivity (Wildman–Crippen MR) is 171 cm³/mol. The maximum Gasteiger partial charge on any atom is 0.284 e. The zero-order valence-electron chi connectivity index (χ0n) is 23.8. The first kappa shape index (κ1) is 31.8. The highest BCUT2D eigenvalue weighted by molar-refractivity contribution is 7.13. The molecule has 0 radical (unpaired) electrons. The molecule has 11 nitrogen and oxygen atoms in total. The molecule has 0 spiro atoms. The van der Waals surface area contributed by atoms with E-state index in [4.69, 9.17) is 38.0 Å². The first-order valence-electron chi connectivity index (χ1n) is 13.9. The van der Waals surface area contributed by atoms with Crippen LogP contribution in [0.15, 0.2) is 48.8 Å². The Balaban J connectivity index is 1.32. The van der Waals surface area contributed by atoms with Gasteiger partial charge in [0.05, 0.1) is 40.8 Å². The molecule has 0 aliphatic carbocycles. The molecule has 2 amide bonds. The van der Waals surface area contributed by atoms with Crippen LogP contribution in [0.4, 0.5) is 5.69 Å². The standard InChI is InChI=1S/C30H31Cl2N7O4S/c1-43-29-17(13-34-14-18-6-8-24(41)37-18)5-7-22(39-29)20-9-10-35-27(26(20)32)21-3-2-4-23(25(21)31)38-28(42)30-36-16-19(44-30)15-33-11-12-40/h2-5,7,9-10,16,18,33-34,40H,6,8,11-15H2,1H3,(H,37,41)(H,38,42). The number of methoxy groups -OCH3 is 1. The number of pyridine rings is 2. The van der Waals surface area contributed by atoms with Gasteiger partial charge in [-0.15, -0.1) is 11.3 Å². The Labute approximate surface area is 268 Å². The van der Waals surface area contributed by atoms with Crippen LogP contribution in [0.5, 0.6) is 5.88 Å². The molecule has 1 atom stereocenters. The zero-order chi connectivity index (χ0) is 31.1. The maximum atomic E-state index is 12.9. The highest BCUT2D eigenvalue weighted by atomic mass is 35.5. The fraction of sp³-hybridized carbons (Fsp3) is 0.300. The summed E-state index contributed by atoms with van der Waals surface area (Å²) in [5.74, 6) is 0.145. The second-order valence-corrected chi connectivity index (χ2v) is 11.8. The van der Waals surface area contributed by atoms with Gasteiger partial charge in [-0.1, -0.05) is 41.4 Å². The van der Waals surface area contributed by atoms with Crippen molar-refractivity contribution in [2.24, 2.45) is 0 Å². The minimum atomic E-state index is -0.394. The third kappa shape index (κ3) is 7.52. The Morgan fingerprint density at radius 1 is 1.11 bits per heavy atom. The molecule has 1 saturated heterocycles. The number of thiazole rings is 1. The van der Waals surface area contributed by atoms with E-state index >= 15 is 0 Å². The zero-order valence-corrected chi connectivity index (χ0v) is 26.2. The van der Waals surface area contributed by atoms with Crippen molar-refractivity contribution in [1.29, 1.82) is 0 Å². The first-order chi connectivity index (χ1) is 21.4. The number of hydrogen-bond acceptors (Lipinski definition) is 10. The molecule has 5 N–H and O–H groups in total. The van der Waals surface area contributed by atoms with Crippen LogP contribution in [-0.4, -0.2) is 64.7 Å². The number of aromatic nitrogens is 3. The molecule has 230 valence electrons. The van der Waals surface area contributed by atoms with Crippen molar-refractivity contribution in [3.8, 4) is 28.4 Å². The van der Waals surface area contributed by atoms with E-state index in [2.05, 4.69) is 31.2 Å². The molecule has 5 rings (SSSR count). The van der Waals surface area contributed by atoms with Gasteiger partial charge in [-0.2, -0.15) is 0 Å². The van der Waals surface area contributed by atoms with Crippen molar-refractivity contribution >= 4 is 52.0 Å². The number of amides is 2. The SMILES string of the molecule is COc1nc(-c2ccnc(-c3cccc(NC(=O)c4ncc(CNCCO)s4)c3Cl)c2Cl)ccc1CNCC1CCC(=O)N1. The molecule has 14 heteroatoms. The van der Waals surface area contributed by atoms with Gasteiger partial charge in [0.2, 0.25) is 11.8 Å². The molecule has 0 bridgehead atoms. The van der Waals surface area contributed by atoms with E-state index in [1.54, 1.807) is 43.8 Å². The maximum absolute atomic E-state index is 12.9. The molecule has 1 aliphatic heterocycles. The highest BCUT2D eigenvalue weighted by Crippen LogP contribution is 2.40. The number of ether oxygens (including phenoxy) is 1. The molecular formula is C30H31Cl2N7O4S. The van der Waals surface area contributed by atoms with E-state index in [0.29, 0.717) is 71.7 Å². The quantitative estimate of drug-likeness (QED) is 0.133. The summed E-state index contributed by atoms with van der Waals surface area (Å²) in [5.41, 5.74) is 3.46. The van der Waals surface area contributed by atoms with Crippen molar-refractivity contribution in [2.45, 2.75) is 32.0 Å². The largest absolute Gasteiger partial charge is 0.481 e. The van der Waals surface area contributed by atoms with Gasteiger partial charge in [0, 0.05) is 72.6 Å². The van der Waals surface area contributed by atoms with Crippen molar-refractivity contribution in [1.82, 2.24) is 30.9 Å². The van der Waals surface area contributed by atoms with Crippen LogP contribution >= 0.6 is 34.5 Å². The van der Waals surface area contributed by atoms with E-state index in [1.165, 1.54) is 11.3 Å². The summed E-state index contributed by atoms with van der Waals surface area (Å²) in [6.45, 7) is 2.17. The fourth-order valence-corrected chi connectivity index (χ4v) is 6.09. The van der Waals surface area contributed by atoms with Gasteiger partial charge < -0.3 is 31.1 Å². The van der Waals surface area contributed by atoms with Gasteiger partial charge in [0.25, 0.3) is 5.91 Å². The minimum Gasteiger partial charge on any atom is -0.481 e. The Morgan fingerprint density at radius 3 is 2.75 bits per heavy atom. The van der Waals surface area contributed by atoms with E-state index < -0.39 is 5.91 Å². The number of nitrogens with zero attached hydrogens (tertiary/aromatic N) is 3. The number of aliphatic hydroxyl groups excluding tert-OH is 1. The molecule has 3 aromatic heterocycles. The molecule has 1 fully saturated rings. The second kappa shape index (κ2) is 14.9. The Hall–Kier alpha value is -3.65. The molecular weight excluding hydrogens is 625 g/mol. The van der Waals surface area contributed by atoms with Gasteiger partial charge in [-0.25, -0.2) is 9.97 Å². The summed E-state index contributed by atoms with van der Waals surface area (Å²) in [6, 6.07) is 10.9. The van der Waals surface area contributed by atoms with Crippen molar-refractivity contribution < 1.29 is 19.4 Å². The lowest BCUT2D eigenvalue weighted by Gasteiger charge is -2.15. The second-order valence-electron chi connectivity index (χ2n) is 9.97. The molecule has 44 heavy (non-hydrogen) atoms. The van der Waals surface area contributed by atoms with Gasteiger partial charge in [0.15, 0.2) is 5.01 Å². The summed E-state index contributed by atoms with van der Waals surface area (Å²) >= 11 is 14.9. The van der Waals surface area contributed by atoms with Crippen molar-refractivity contribution in [3.63, 3.8) is 0 Å². The van der Waals surface area contributed by atoms with Gasteiger partial charge in [-0.3, -0.25) is 14.6 Å². The Morgan fingerprint density at radius 2 is 1.98 bits per heavy atom. The number of aliphatic hydroxyl groups is 1. The Bertz CT molecular complexity index is 1650. The monoisotopic (exact) mass is 655 g/mol. The number of carbonyl (C=O) groups is 2. The third-order valence-electron chi connectivity index (χ3n) is 6.93. The van der Waals surface area contributed by atoms with Gasteiger partial charge in [-0.05, 0) is 24.6 Å². The summed E-state index contributed by atoms with van der Waals surface area (Å²) < 4.78 is 5.58. The van der Waals surface area contributed by atoms with Crippen LogP contribution in [0.25, 0.3) is 22.5 Å². The summed E-state index contributed by atoms with van der Waals surface area (Å²) in [4.78, 5) is 38.7. The number of benzene rings is 1. The van der Waals surface area contributed by atoms with Gasteiger partial charge in [0.1, 0.15) is 0 Å². The van der Waals surface area contributed by atoms with Crippen LogP contribution < -0.4 is 26.0 Å². The van der Waals surface area contributed by atoms with Crippen LogP contribution in [0, 0.1) is 0 Å². The fourth-order valence-electron chi connectivity index (χ4n) is 4.74. The summed E-state index contributed by atoms with van der Waals surface area (Å²) in [6.07, 6.45) is 4.63. The Kier molecular flexibility index (Phi) is 10.7. The number of hydrogen-bond donors (Lipinski definition) is 5. The molecule has 4 heterocycles. The number of anilines is 1. The van der Waals surface area contributed by atoms with Crippen molar-refractivity contribution in [2.75, 3.05) is 32.1 Å². The number of rotatable bonds is 13. The average Bonchev–Trinajstić information content (AvgIpc) is 3.68. The van der Waals surface area contributed by atoms with Crippen LogP contribution in [0.2, 0.25) is 10.0 Å². The molecule has 1 aliphatic rings. The normalized spacial score (nSPS) is 14.5. The van der Waals surface area contributed by atoms with E-state index in [-0.39, 0.29) is 28.6 Å². The van der Waals surface area contributed by atoms with Crippen LogP contribution in [-0.2, 0) is 17.9 Å². The van der Waals surface area contributed by atoms with Crippen molar-refractivity contribution in [3.05, 3.63) is 74.3 Å². The number of halogens is 2. The van der Waals surface area contributed by atoms with Gasteiger partial charge >= 0.3 is 0 Å². The first-order valence-corrected chi connectivity index (χ1v) is 15.5. The smallest absolute Gasteiger partial charge is 0.284 e. The summed E-state index contributed by atoms with van der Waals surface area (Å²) in [7, 11) is 1.56. The molecule has 1 aromatic carbocycles. The molecule has 0 saturated carbocycles. The van der Waals surface area contributed by atoms with Crippen LogP contribution in [0.1, 0.15) is 33.1 Å². The lowest BCUT2D eigenvalue weighted by atomic mass is 10.1. The average molecular weight is 657 g/mol. The topological polar surface area (TPSA) is 150 Å². The summed E-state index contributed by atoms with van der Waals surface area (Å²) in [5, 5.41) is 22.0. The van der Waals surface area contributed by atoms with E-state index in [9.17, 15) is 9.59 Å². The lowest BCUT2D eigenvalue weighted by Crippen LogP contribution is -2.35. The predicted octanol–water partition coefficient (Wildman–Crippen LogP) is 4.28. The van der Waals surface area contributed by atoms with E-state index in [0.717, 1.165) is 16.9 Å². The number of carbonyl (C=O) groups excluding carboxylic acids is 2.